The fraction of sp³-hybridized carbons (Fsp3) is 0.714. The highest BCUT2D eigenvalue weighted by Gasteiger charge is 2.59. The van der Waals surface area contributed by atoms with Gasteiger partial charge in [-0.1, -0.05) is 0 Å². The van der Waals surface area contributed by atoms with Crippen molar-refractivity contribution in [3.63, 3.8) is 0 Å². The van der Waals surface area contributed by atoms with Crippen molar-refractivity contribution < 1.29 is 14.3 Å². The van der Waals surface area contributed by atoms with Gasteiger partial charge >= 0.3 is 6.09 Å². The zero-order valence-electron chi connectivity index (χ0n) is 16.3. The lowest BCUT2D eigenvalue weighted by Crippen LogP contribution is -2.59. The third kappa shape index (κ3) is 2.78. The Hall–Kier alpha value is -2.18. The summed E-state index contributed by atoms with van der Waals surface area (Å²) in [6.07, 6.45) is 9.63. The predicted octanol–water partition coefficient (Wildman–Crippen LogP) is 2.74. The van der Waals surface area contributed by atoms with E-state index < -0.39 is 0 Å². The van der Waals surface area contributed by atoms with Crippen LogP contribution < -0.4 is 5.73 Å². The van der Waals surface area contributed by atoms with Gasteiger partial charge in [-0.3, -0.25) is 9.69 Å². The number of aromatic nitrogens is 2. The summed E-state index contributed by atoms with van der Waals surface area (Å²) in [5, 5.41) is 0. The van der Waals surface area contributed by atoms with Crippen molar-refractivity contribution in [2.24, 2.45) is 28.9 Å². The van der Waals surface area contributed by atoms with Crippen molar-refractivity contribution in [3.05, 3.63) is 23.8 Å². The first-order valence-corrected chi connectivity index (χ1v) is 10.5. The van der Waals surface area contributed by atoms with Gasteiger partial charge in [-0.25, -0.2) is 14.8 Å². The molecule has 0 aromatic carbocycles. The Balaban J connectivity index is 1.31. The van der Waals surface area contributed by atoms with Gasteiger partial charge in [0.15, 0.2) is 5.82 Å². The third-order valence-electron chi connectivity index (χ3n) is 7.53. The topological polar surface area (TPSA) is 98.4 Å². The molecule has 28 heavy (non-hydrogen) atoms. The predicted molar refractivity (Wildman–Crippen MR) is 101 cm³/mol. The smallest absolute Gasteiger partial charge is 0.410 e. The minimum absolute atomic E-state index is 0.0864. The maximum Gasteiger partial charge on any atom is 0.410 e. The van der Waals surface area contributed by atoms with Gasteiger partial charge in [0.25, 0.3) is 0 Å². The molecule has 5 aliphatic rings. The van der Waals surface area contributed by atoms with Crippen LogP contribution in [-0.4, -0.2) is 39.5 Å². The number of amides is 2. The van der Waals surface area contributed by atoms with E-state index in [9.17, 15) is 9.59 Å². The second-order valence-corrected chi connectivity index (χ2v) is 9.43. The van der Waals surface area contributed by atoms with Crippen LogP contribution in [0.1, 0.15) is 62.4 Å². The lowest BCUT2D eigenvalue weighted by Gasteiger charge is -2.58. The molecule has 2 N–H and O–H groups in total. The van der Waals surface area contributed by atoms with Crippen LogP contribution in [0.5, 0.6) is 0 Å². The molecule has 4 bridgehead atoms. The number of hydrogen-bond donors (Lipinski definition) is 1. The van der Waals surface area contributed by atoms with Crippen molar-refractivity contribution in [2.45, 2.75) is 64.0 Å². The minimum Gasteiger partial charge on any atom is -0.445 e. The molecule has 1 aromatic rings. The van der Waals surface area contributed by atoms with E-state index in [4.69, 9.17) is 10.5 Å². The minimum atomic E-state index is -0.356. The van der Waals surface area contributed by atoms with E-state index in [1.807, 2.05) is 6.92 Å². The number of rotatable bonds is 3. The number of likely N-dealkylation sites (tertiary alicyclic amines) is 1. The first-order chi connectivity index (χ1) is 13.4. The van der Waals surface area contributed by atoms with E-state index in [0.29, 0.717) is 18.3 Å². The Morgan fingerprint density at radius 2 is 1.86 bits per heavy atom. The largest absolute Gasteiger partial charge is 0.445 e. The number of ether oxygens (including phenoxy) is 1. The van der Waals surface area contributed by atoms with Crippen LogP contribution in [0.25, 0.3) is 0 Å². The van der Waals surface area contributed by atoms with Gasteiger partial charge in [-0.2, -0.15) is 0 Å². The summed E-state index contributed by atoms with van der Waals surface area (Å²) in [6, 6.07) is -0.109. The molecule has 4 aliphatic carbocycles. The molecule has 5 fully saturated rings. The molecule has 0 spiro atoms. The van der Waals surface area contributed by atoms with Crippen molar-refractivity contribution in [1.82, 2.24) is 14.9 Å². The van der Waals surface area contributed by atoms with Crippen molar-refractivity contribution in [1.29, 1.82) is 0 Å². The number of nitrogens with two attached hydrogens (primary N) is 1. The lowest BCUT2D eigenvalue weighted by molar-refractivity contribution is -0.162. The van der Waals surface area contributed by atoms with Gasteiger partial charge < -0.3 is 10.5 Å². The van der Waals surface area contributed by atoms with Gasteiger partial charge in [0, 0.05) is 18.9 Å². The van der Waals surface area contributed by atoms with Crippen LogP contribution in [0.4, 0.5) is 4.79 Å². The Morgan fingerprint density at radius 1 is 1.18 bits per heavy atom. The second-order valence-electron chi connectivity index (χ2n) is 9.43. The Labute approximate surface area is 165 Å². The number of hydrogen-bond acceptors (Lipinski definition) is 5. The average molecular weight is 384 g/mol. The van der Waals surface area contributed by atoms with E-state index in [2.05, 4.69) is 9.97 Å². The standard InChI is InChI=1S/C21H28N4O3/c1-12-10-23-18(24-11-12)16-3-2-4-25(16)20(27)28-17-14-5-13-6-15(17)9-21(7-13,8-14)19(22)26/h10-11,13-17H,2-9H2,1H3,(H2,22,26)/t13?,14?,15?,16?,17-,21-. The van der Waals surface area contributed by atoms with E-state index in [1.54, 1.807) is 17.3 Å². The highest BCUT2D eigenvalue weighted by Crippen LogP contribution is 2.60. The monoisotopic (exact) mass is 384 g/mol. The van der Waals surface area contributed by atoms with Crippen LogP contribution >= 0.6 is 0 Å². The maximum absolute atomic E-state index is 13.1. The van der Waals surface area contributed by atoms with Gasteiger partial charge in [0.05, 0.1) is 11.5 Å². The van der Waals surface area contributed by atoms with Crippen LogP contribution in [0.15, 0.2) is 12.4 Å². The first-order valence-electron chi connectivity index (χ1n) is 10.5. The molecule has 1 aliphatic heterocycles. The fourth-order valence-corrected chi connectivity index (χ4v) is 6.48. The summed E-state index contributed by atoms with van der Waals surface area (Å²) in [7, 11) is 0. The van der Waals surface area contributed by atoms with E-state index in [-0.39, 0.29) is 41.4 Å². The molecule has 6 rings (SSSR count). The van der Waals surface area contributed by atoms with Gasteiger partial charge in [0.2, 0.25) is 5.91 Å². The maximum atomic E-state index is 13.1. The summed E-state index contributed by atoms with van der Waals surface area (Å²) < 4.78 is 6.09. The first kappa shape index (κ1) is 17.9. The summed E-state index contributed by atoms with van der Waals surface area (Å²) in [4.78, 5) is 35.8. The van der Waals surface area contributed by atoms with E-state index in [0.717, 1.165) is 50.5 Å². The molecule has 1 saturated heterocycles. The zero-order valence-corrected chi connectivity index (χ0v) is 16.3. The Kier molecular flexibility index (Phi) is 4.10. The molecule has 7 heteroatoms. The number of aryl methyl sites for hydroxylation is 1. The fourth-order valence-electron chi connectivity index (χ4n) is 6.48. The molecule has 2 amide bonds. The Bertz CT molecular complexity index is 779. The number of primary amides is 1. The van der Waals surface area contributed by atoms with E-state index in [1.165, 1.54) is 0 Å². The van der Waals surface area contributed by atoms with Crippen molar-refractivity contribution in [2.75, 3.05) is 6.54 Å². The lowest BCUT2D eigenvalue weighted by atomic mass is 9.48. The van der Waals surface area contributed by atoms with Crippen LogP contribution in [0.3, 0.4) is 0 Å². The number of nitrogens with zero attached hydrogens (tertiary/aromatic N) is 3. The molecular weight excluding hydrogens is 356 g/mol. The van der Waals surface area contributed by atoms with E-state index >= 15 is 0 Å². The van der Waals surface area contributed by atoms with Crippen LogP contribution in [-0.2, 0) is 9.53 Å². The number of carbonyl (C=O) groups is 2. The van der Waals surface area contributed by atoms with Crippen molar-refractivity contribution in [3.8, 4) is 0 Å². The molecule has 150 valence electrons. The Morgan fingerprint density at radius 3 is 2.50 bits per heavy atom. The molecule has 3 unspecified atom stereocenters. The van der Waals surface area contributed by atoms with Gasteiger partial charge in [-0.05, 0) is 75.2 Å². The molecule has 4 saturated carbocycles. The SMILES string of the molecule is Cc1cnc(C2CCCN2C(=O)O[C@H]2C3CC4CC2C[C@](C(N)=O)(C4)C3)nc1. The van der Waals surface area contributed by atoms with Crippen molar-refractivity contribution >= 4 is 12.0 Å². The molecular formula is C21H28N4O3. The molecule has 0 radical (unpaired) electrons. The van der Waals surface area contributed by atoms with Crippen LogP contribution in [0, 0.1) is 30.1 Å². The molecule has 2 heterocycles. The van der Waals surface area contributed by atoms with Crippen LogP contribution in [0.2, 0.25) is 0 Å². The highest BCUT2D eigenvalue weighted by atomic mass is 16.6. The summed E-state index contributed by atoms with van der Waals surface area (Å²) >= 11 is 0. The summed E-state index contributed by atoms with van der Waals surface area (Å²) in [5.41, 5.74) is 6.41. The second kappa shape index (κ2) is 6.42. The van der Waals surface area contributed by atoms with Gasteiger partial charge in [-0.15, -0.1) is 0 Å². The van der Waals surface area contributed by atoms with Gasteiger partial charge in [0.1, 0.15) is 6.10 Å². The highest BCUT2D eigenvalue weighted by molar-refractivity contribution is 5.81. The third-order valence-corrected chi connectivity index (χ3v) is 7.53. The molecule has 3 atom stereocenters. The average Bonchev–Trinajstić information content (AvgIpc) is 3.14. The number of carbonyl (C=O) groups excluding carboxylic acids is 2. The molecule has 7 nitrogen and oxygen atoms in total. The summed E-state index contributed by atoms with van der Waals surface area (Å²) in [5.74, 6) is 1.62. The molecule has 1 aromatic heterocycles. The summed E-state index contributed by atoms with van der Waals surface area (Å²) in [6.45, 7) is 2.63. The quantitative estimate of drug-likeness (QED) is 0.864. The zero-order chi connectivity index (χ0) is 19.5. The normalized spacial score (nSPS) is 38.6.